The van der Waals surface area contributed by atoms with Crippen molar-refractivity contribution in [2.75, 3.05) is 32.5 Å². The van der Waals surface area contributed by atoms with Gasteiger partial charge in [0.15, 0.2) is 11.6 Å². The molecule has 2 aromatic heterocycles. The number of aryl methyl sites for hydroxylation is 1. The zero-order valence-corrected chi connectivity index (χ0v) is 39.4. The van der Waals surface area contributed by atoms with Crippen molar-refractivity contribution in [2.24, 2.45) is 5.41 Å². The molecule has 3 heterocycles. The van der Waals surface area contributed by atoms with Crippen LogP contribution in [0.15, 0.2) is 90.4 Å². The first-order valence-electron chi connectivity index (χ1n) is 22.4. The van der Waals surface area contributed by atoms with Crippen molar-refractivity contribution in [3.05, 3.63) is 107 Å². The maximum absolute atomic E-state index is 14.2. The molecule has 1 fully saturated rings. The lowest BCUT2D eigenvalue weighted by Gasteiger charge is -2.35. The molecule has 0 bridgehead atoms. The normalized spacial score (nSPS) is 16.3. The third-order valence-electron chi connectivity index (χ3n) is 12.0. The van der Waals surface area contributed by atoms with Gasteiger partial charge in [0.05, 0.1) is 34.8 Å². The largest absolute Gasteiger partial charge is 0.507 e. The number of anilines is 1. The highest BCUT2D eigenvalue weighted by molar-refractivity contribution is 7.13. The van der Waals surface area contributed by atoms with Gasteiger partial charge >= 0.3 is 0 Å². The van der Waals surface area contributed by atoms with Gasteiger partial charge in [0.2, 0.25) is 23.6 Å². The lowest BCUT2D eigenvalue weighted by atomic mass is 9.85. The Bertz CT molecular complexity index is 2440. The number of nitrogens with one attached hydrogen (secondary N) is 2. The van der Waals surface area contributed by atoms with E-state index in [0.717, 1.165) is 27.3 Å². The molecule has 0 aliphatic carbocycles. The Morgan fingerprint density at radius 2 is 1.64 bits per heavy atom. The minimum Gasteiger partial charge on any atom is -0.507 e. The van der Waals surface area contributed by atoms with Crippen LogP contribution in [0.1, 0.15) is 95.0 Å². The summed E-state index contributed by atoms with van der Waals surface area (Å²) in [5.74, 6) is -0.879. The molecule has 16 heteroatoms. The molecular formula is C50H62N8O7S. The first-order valence-corrected chi connectivity index (χ1v) is 23.3. The molecule has 5 unspecified atom stereocenters. The number of carbonyl (C=O) groups excluding carboxylic acids is 4. The molecule has 5 atom stereocenters. The second kappa shape index (κ2) is 22.2. The highest BCUT2D eigenvalue weighted by Crippen LogP contribution is 2.33. The number of hydrogen-bond donors (Lipinski definition) is 5. The smallest absolute Gasteiger partial charge is 0.246 e. The number of para-hydroxylation sites is 1. The van der Waals surface area contributed by atoms with E-state index in [1.807, 2.05) is 94.7 Å². The van der Waals surface area contributed by atoms with E-state index in [1.165, 1.54) is 4.90 Å². The maximum atomic E-state index is 14.2. The Hall–Kier alpha value is -6.39. The van der Waals surface area contributed by atoms with E-state index in [0.29, 0.717) is 42.8 Å². The SMILES string of the molecule is Cc1ncsc1-c1ccc(C(C)NC(=O)C2CC(O)CN2C(=O)C(NC(=O)CCCCCC(=O)N(C)CC(COc2cc(-c3ccccc3O)nnc2N)c2ccccc2)C(C)(C)C)cc1. The molecule has 3 aromatic carbocycles. The number of aromatic nitrogens is 3. The van der Waals surface area contributed by atoms with Crippen molar-refractivity contribution in [3.8, 4) is 33.2 Å². The Morgan fingerprint density at radius 3 is 2.32 bits per heavy atom. The van der Waals surface area contributed by atoms with E-state index in [4.69, 9.17) is 10.5 Å². The Balaban J connectivity index is 0.973. The van der Waals surface area contributed by atoms with Gasteiger partial charge in [-0.2, -0.15) is 0 Å². The Kier molecular flexibility index (Phi) is 16.5. The van der Waals surface area contributed by atoms with Crippen LogP contribution in [0.25, 0.3) is 21.7 Å². The number of phenolic OH excluding ortho intramolecular Hbond substituents is 1. The fraction of sp³-hybridized carbons (Fsp3) is 0.420. The average molecular weight is 919 g/mol. The number of rotatable bonds is 19. The first-order chi connectivity index (χ1) is 31.5. The number of aliphatic hydroxyl groups excluding tert-OH is 1. The predicted octanol–water partition coefficient (Wildman–Crippen LogP) is 6.80. The molecule has 4 amide bonds. The standard InChI is InChI=1S/C50H62N8O7S/c1-31(33-21-23-35(24-22-33)45-32(2)52-30-66-45)53-48(63)40-25-37(59)28-58(40)49(64)46(50(3,4)5)54-43(61)19-11-8-12-20-44(62)57(6)27-36(34-15-9-7-10-16-34)29-65-42-26-39(55-56-47(42)51)38-17-13-14-18-41(38)60/h7,9-10,13-18,21-24,26,30-31,36-37,40,46,59-60H,8,11-12,19-20,25,27-29H2,1-6H3,(H2,51,56)(H,53,63)(H,54,61). The number of amides is 4. The molecule has 66 heavy (non-hydrogen) atoms. The number of β-amino-alcohol motifs (C(OH)–C–C–N with tert-alkyl or cyclic N) is 1. The molecule has 0 spiro atoms. The number of aliphatic hydroxyl groups is 1. The van der Waals surface area contributed by atoms with Crippen LogP contribution in [-0.2, 0) is 19.2 Å². The minimum absolute atomic E-state index is 0.0171. The second-order valence-corrected chi connectivity index (χ2v) is 19.0. The molecule has 1 aliphatic heterocycles. The molecule has 1 aliphatic rings. The van der Waals surface area contributed by atoms with Crippen LogP contribution in [0.5, 0.6) is 11.5 Å². The molecule has 350 valence electrons. The number of phenols is 1. The van der Waals surface area contributed by atoms with E-state index in [9.17, 15) is 29.4 Å². The van der Waals surface area contributed by atoms with Gasteiger partial charge in [-0.3, -0.25) is 19.2 Å². The number of benzene rings is 3. The zero-order valence-electron chi connectivity index (χ0n) is 38.6. The molecular weight excluding hydrogens is 857 g/mol. The number of nitrogen functional groups attached to an aromatic ring is 1. The number of unbranched alkanes of at least 4 members (excludes halogenated alkanes) is 2. The summed E-state index contributed by atoms with van der Waals surface area (Å²) in [4.78, 5) is 63.1. The van der Waals surface area contributed by atoms with Crippen LogP contribution in [0, 0.1) is 12.3 Å². The average Bonchev–Trinajstić information content (AvgIpc) is 3.92. The van der Waals surface area contributed by atoms with Gasteiger partial charge in [-0.15, -0.1) is 21.5 Å². The molecule has 5 aromatic rings. The maximum Gasteiger partial charge on any atom is 0.246 e. The van der Waals surface area contributed by atoms with Gasteiger partial charge in [0.1, 0.15) is 23.5 Å². The number of likely N-dealkylation sites (N-methyl/N-ethyl adjacent to an activating group) is 1. The van der Waals surface area contributed by atoms with Gasteiger partial charge in [-0.05, 0) is 60.9 Å². The first kappa shape index (κ1) is 49.1. The van der Waals surface area contributed by atoms with Crippen molar-refractivity contribution in [1.82, 2.24) is 35.6 Å². The van der Waals surface area contributed by atoms with Crippen molar-refractivity contribution >= 4 is 40.8 Å². The molecule has 15 nitrogen and oxygen atoms in total. The summed E-state index contributed by atoms with van der Waals surface area (Å²) >= 11 is 1.57. The van der Waals surface area contributed by atoms with Gasteiger partial charge in [-0.25, -0.2) is 4.98 Å². The van der Waals surface area contributed by atoms with E-state index in [2.05, 4.69) is 25.8 Å². The van der Waals surface area contributed by atoms with Crippen molar-refractivity contribution in [1.29, 1.82) is 0 Å². The quantitative estimate of drug-likeness (QED) is 0.0543. The minimum atomic E-state index is -0.937. The molecule has 1 saturated heterocycles. The number of aromatic hydroxyl groups is 1. The summed E-state index contributed by atoms with van der Waals surface area (Å²) in [5.41, 5.74) is 12.0. The summed E-state index contributed by atoms with van der Waals surface area (Å²) < 4.78 is 6.19. The fourth-order valence-corrected chi connectivity index (χ4v) is 8.91. The Labute approximate surface area is 390 Å². The van der Waals surface area contributed by atoms with Crippen molar-refractivity contribution in [3.63, 3.8) is 0 Å². The van der Waals surface area contributed by atoms with Gasteiger partial charge < -0.3 is 41.1 Å². The number of thiazole rings is 1. The molecule has 0 radical (unpaired) electrons. The number of ether oxygens (including phenoxy) is 1. The number of nitrogens with two attached hydrogens (primary N) is 1. The van der Waals surface area contributed by atoms with E-state index in [-0.39, 0.29) is 73.7 Å². The fourth-order valence-electron chi connectivity index (χ4n) is 8.10. The Morgan fingerprint density at radius 1 is 0.939 bits per heavy atom. The van der Waals surface area contributed by atoms with Gasteiger partial charge in [-0.1, -0.05) is 93.9 Å². The lowest BCUT2D eigenvalue weighted by molar-refractivity contribution is -0.144. The van der Waals surface area contributed by atoms with Gasteiger partial charge in [0, 0.05) is 56.9 Å². The molecule has 6 N–H and O–H groups in total. The van der Waals surface area contributed by atoms with Crippen molar-refractivity contribution < 1.29 is 34.1 Å². The highest BCUT2D eigenvalue weighted by atomic mass is 32.1. The van der Waals surface area contributed by atoms with E-state index < -0.39 is 29.5 Å². The zero-order chi connectivity index (χ0) is 47.5. The second-order valence-electron chi connectivity index (χ2n) is 18.1. The summed E-state index contributed by atoms with van der Waals surface area (Å²) in [6.45, 7) is 9.96. The summed E-state index contributed by atoms with van der Waals surface area (Å²) in [7, 11) is 1.76. The predicted molar refractivity (Wildman–Crippen MR) is 255 cm³/mol. The summed E-state index contributed by atoms with van der Waals surface area (Å²) in [6, 6.07) is 23.9. The van der Waals surface area contributed by atoms with Crippen LogP contribution < -0.4 is 21.1 Å². The number of hydrogen-bond acceptors (Lipinski definition) is 12. The van der Waals surface area contributed by atoms with Crippen LogP contribution in [-0.4, -0.2) is 104 Å². The highest BCUT2D eigenvalue weighted by Gasteiger charge is 2.44. The summed E-state index contributed by atoms with van der Waals surface area (Å²) in [5, 5.41) is 35.1. The van der Waals surface area contributed by atoms with Crippen LogP contribution in [0.3, 0.4) is 0 Å². The van der Waals surface area contributed by atoms with Crippen molar-refractivity contribution in [2.45, 2.75) is 103 Å². The third kappa shape index (κ3) is 12.7. The van der Waals surface area contributed by atoms with E-state index in [1.54, 1.807) is 53.6 Å². The number of nitrogens with zero attached hydrogens (tertiary/aromatic N) is 5. The van der Waals surface area contributed by atoms with Crippen LogP contribution >= 0.6 is 11.3 Å². The number of carbonyl (C=O) groups is 4. The van der Waals surface area contributed by atoms with Gasteiger partial charge in [0.25, 0.3) is 0 Å². The van der Waals surface area contributed by atoms with E-state index >= 15 is 0 Å². The van der Waals surface area contributed by atoms with Crippen LogP contribution in [0.4, 0.5) is 5.82 Å². The topological polar surface area (TPSA) is 213 Å². The lowest BCUT2D eigenvalue weighted by Crippen LogP contribution is -2.57. The monoisotopic (exact) mass is 918 g/mol. The molecule has 0 saturated carbocycles. The number of likely N-dealkylation sites (tertiary alicyclic amines) is 1. The third-order valence-corrected chi connectivity index (χ3v) is 12.9. The van der Waals surface area contributed by atoms with Crippen LogP contribution in [0.2, 0.25) is 0 Å². The summed E-state index contributed by atoms with van der Waals surface area (Å²) in [6.07, 6.45) is 1.34. The molecule has 6 rings (SSSR count).